The van der Waals surface area contributed by atoms with Crippen LogP contribution in [0.1, 0.15) is 43.4 Å². The van der Waals surface area contributed by atoms with Gasteiger partial charge in [0, 0.05) is 5.56 Å². The average molecular weight is 413 g/mol. The van der Waals surface area contributed by atoms with E-state index >= 15 is 0 Å². The van der Waals surface area contributed by atoms with Gasteiger partial charge in [0.1, 0.15) is 0 Å². The van der Waals surface area contributed by atoms with Crippen molar-refractivity contribution in [1.82, 2.24) is 9.97 Å². The maximum Gasteiger partial charge on any atom is 0.230 e. The van der Waals surface area contributed by atoms with Crippen LogP contribution >= 0.6 is 0 Å². The normalized spacial score (nSPS) is 13.8. The Kier molecular flexibility index (Phi) is 6.19. The van der Waals surface area contributed by atoms with Crippen LogP contribution in [0.25, 0.3) is 11.3 Å². The second kappa shape index (κ2) is 9.36. The van der Waals surface area contributed by atoms with Crippen molar-refractivity contribution in [3.05, 3.63) is 66.0 Å². The molecule has 1 heterocycles. The highest BCUT2D eigenvalue weighted by Crippen LogP contribution is 2.29. The summed E-state index contributed by atoms with van der Waals surface area (Å²) in [4.78, 5) is 21.9. The average Bonchev–Trinajstić information content (AvgIpc) is 2.78. The monoisotopic (exact) mass is 413 g/mol. The molecule has 3 N–H and O–H groups in total. The SMILES string of the molecule is O=C(Cc1c#cc(O)cc1)Nc1ncc(-c2c#cc(O)cc2)nc1CC1CCCCC1. The third-order valence-corrected chi connectivity index (χ3v) is 5.46. The maximum absolute atomic E-state index is 12.6. The fourth-order valence-electron chi connectivity index (χ4n) is 3.85. The summed E-state index contributed by atoms with van der Waals surface area (Å²) in [7, 11) is 0. The number of rotatable bonds is 6. The number of nitrogens with zero attached hydrogens (tertiary/aromatic N) is 2. The molecular weight excluding hydrogens is 390 g/mol. The van der Waals surface area contributed by atoms with E-state index in [4.69, 9.17) is 4.98 Å². The number of nitrogens with one attached hydrogen (secondary N) is 1. The predicted octanol–water partition coefficient (Wildman–Crippen LogP) is 4.06. The number of hydrogen-bond donors (Lipinski definition) is 3. The topological polar surface area (TPSA) is 95.3 Å². The van der Waals surface area contributed by atoms with E-state index in [1.807, 2.05) is 0 Å². The molecule has 156 valence electrons. The molecule has 0 aliphatic heterocycles. The third-order valence-electron chi connectivity index (χ3n) is 5.46. The minimum absolute atomic E-state index is 0.0105. The quantitative estimate of drug-likeness (QED) is 0.566. The van der Waals surface area contributed by atoms with Crippen molar-refractivity contribution < 1.29 is 15.0 Å². The molecule has 0 saturated heterocycles. The van der Waals surface area contributed by atoms with E-state index in [2.05, 4.69) is 34.6 Å². The zero-order chi connectivity index (χ0) is 21.6. The van der Waals surface area contributed by atoms with Crippen LogP contribution < -0.4 is 5.32 Å². The van der Waals surface area contributed by atoms with Crippen molar-refractivity contribution in [2.45, 2.75) is 44.9 Å². The van der Waals surface area contributed by atoms with Crippen molar-refractivity contribution in [2.24, 2.45) is 5.92 Å². The van der Waals surface area contributed by atoms with E-state index in [0.29, 0.717) is 28.6 Å². The van der Waals surface area contributed by atoms with Gasteiger partial charge >= 0.3 is 0 Å². The first-order valence-electron chi connectivity index (χ1n) is 10.5. The van der Waals surface area contributed by atoms with E-state index in [-0.39, 0.29) is 23.8 Å². The van der Waals surface area contributed by atoms with Gasteiger partial charge in [-0.1, -0.05) is 44.2 Å². The molecule has 2 aromatic carbocycles. The second-order valence-electron chi connectivity index (χ2n) is 7.86. The lowest BCUT2D eigenvalue weighted by molar-refractivity contribution is -0.115. The molecule has 1 aromatic heterocycles. The second-order valence-corrected chi connectivity index (χ2v) is 7.86. The van der Waals surface area contributed by atoms with Crippen LogP contribution in [0.4, 0.5) is 5.82 Å². The minimum atomic E-state index is -0.230. The summed E-state index contributed by atoms with van der Waals surface area (Å²) in [6, 6.07) is 17.2. The van der Waals surface area contributed by atoms with E-state index in [1.165, 1.54) is 31.4 Å². The van der Waals surface area contributed by atoms with E-state index in [1.54, 1.807) is 18.3 Å². The van der Waals surface area contributed by atoms with Gasteiger partial charge in [-0.05, 0) is 48.7 Å². The largest absolute Gasteiger partial charge is 0.501 e. The van der Waals surface area contributed by atoms with Crippen LogP contribution in [0.15, 0.2) is 30.5 Å². The molecule has 3 aromatic rings. The maximum atomic E-state index is 12.6. The fraction of sp³-hybridized carbons (Fsp3) is 0.320. The van der Waals surface area contributed by atoms with E-state index < -0.39 is 0 Å². The van der Waals surface area contributed by atoms with Crippen molar-refractivity contribution in [3.8, 4) is 22.8 Å². The van der Waals surface area contributed by atoms with Gasteiger partial charge in [0.25, 0.3) is 0 Å². The molecule has 0 spiro atoms. The summed E-state index contributed by atoms with van der Waals surface area (Å²) in [5, 5.41) is 21.7. The van der Waals surface area contributed by atoms with Gasteiger partial charge in [0.05, 0.1) is 29.6 Å². The smallest absolute Gasteiger partial charge is 0.230 e. The number of aromatic nitrogens is 2. The van der Waals surface area contributed by atoms with Gasteiger partial charge < -0.3 is 15.5 Å². The molecule has 1 aliphatic carbocycles. The summed E-state index contributed by atoms with van der Waals surface area (Å²) in [5.74, 6) is 0.760. The highest BCUT2D eigenvalue weighted by Gasteiger charge is 2.19. The van der Waals surface area contributed by atoms with Crippen LogP contribution in [0.2, 0.25) is 0 Å². The van der Waals surface area contributed by atoms with Crippen molar-refractivity contribution in [2.75, 3.05) is 5.32 Å². The fourth-order valence-corrected chi connectivity index (χ4v) is 3.85. The Bertz CT molecular complexity index is 1030. The lowest BCUT2D eigenvalue weighted by Crippen LogP contribution is -2.19. The molecule has 6 nitrogen and oxygen atoms in total. The molecule has 1 saturated carbocycles. The Labute approximate surface area is 182 Å². The van der Waals surface area contributed by atoms with Gasteiger partial charge in [-0.3, -0.25) is 4.79 Å². The lowest BCUT2D eigenvalue weighted by atomic mass is 9.86. The number of carbonyl (C=O) groups excluding carboxylic acids is 1. The van der Waals surface area contributed by atoms with Crippen LogP contribution in [-0.2, 0) is 17.6 Å². The van der Waals surface area contributed by atoms with Gasteiger partial charge in [-0.25, -0.2) is 9.97 Å². The highest BCUT2D eigenvalue weighted by molar-refractivity contribution is 5.91. The zero-order valence-electron chi connectivity index (χ0n) is 17.1. The van der Waals surface area contributed by atoms with E-state index in [0.717, 1.165) is 25.0 Å². The molecule has 0 radical (unpaired) electrons. The minimum Gasteiger partial charge on any atom is -0.501 e. The van der Waals surface area contributed by atoms with Crippen molar-refractivity contribution >= 4 is 11.7 Å². The highest BCUT2D eigenvalue weighted by atomic mass is 16.3. The lowest BCUT2D eigenvalue weighted by Gasteiger charge is -2.22. The molecule has 31 heavy (non-hydrogen) atoms. The number of amides is 1. The third kappa shape index (κ3) is 5.43. The molecule has 4 rings (SSSR count). The first kappa shape index (κ1) is 20.5. The number of carbonyl (C=O) groups is 1. The van der Waals surface area contributed by atoms with Gasteiger partial charge in [0.15, 0.2) is 17.3 Å². The first-order chi connectivity index (χ1) is 15.1. The summed E-state index contributed by atoms with van der Waals surface area (Å²) in [6.45, 7) is 0. The van der Waals surface area contributed by atoms with Crippen LogP contribution in [0.3, 0.4) is 0 Å². The Morgan fingerprint density at radius 2 is 1.74 bits per heavy atom. The number of hydrogen-bond acceptors (Lipinski definition) is 5. The summed E-state index contributed by atoms with van der Waals surface area (Å²) in [6.07, 6.45) is 8.44. The van der Waals surface area contributed by atoms with Gasteiger partial charge in [0.2, 0.25) is 5.91 Å². The molecule has 1 amide bonds. The first-order valence-corrected chi connectivity index (χ1v) is 10.5. The standard InChI is InChI=1S/C25H23N3O3/c29-20-10-6-18(7-11-20)15-24(31)28-25-22(14-17-4-2-1-3-5-17)27-23(16-26-25)19-8-12-21(30)13-9-19/h6,8,10,12,16-17,29-30H,1-5,14-15H2,(H,26,28,31). The molecule has 0 bridgehead atoms. The summed E-state index contributed by atoms with van der Waals surface area (Å²) in [5.41, 5.74) is 2.69. The molecule has 1 aliphatic rings. The van der Waals surface area contributed by atoms with Crippen molar-refractivity contribution in [3.63, 3.8) is 0 Å². The Hall–Kier alpha value is -3.77. The molecular formula is C25H23N3O3. The number of aromatic hydroxyl groups is 2. The molecule has 1 fully saturated rings. The summed E-state index contributed by atoms with van der Waals surface area (Å²) < 4.78 is 0. The van der Waals surface area contributed by atoms with Crippen LogP contribution in [0.5, 0.6) is 11.5 Å². The molecule has 0 unspecified atom stereocenters. The van der Waals surface area contributed by atoms with E-state index in [9.17, 15) is 15.0 Å². The number of anilines is 1. The van der Waals surface area contributed by atoms with Crippen LogP contribution in [0, 0.1) is 30.2 Å². The molecule has 0 atom stereocenters. The molecule has 6 heteroatoms. The predicted molar refractivity (Wildman–Crippen MR) is 115 cm³/mol. The summed E-state index contributed by atoms with van der Waals surface area (Å²) >= 11 is 0. The Balaban J connectivity index is 1.56. The van der Waals surface area contributed by atoms with Gasteiger partial charge in [-0.15, -0.1) is 0 Å². The van der Waals surface area contributed by atoms with Crippen molar-refractivity contribution in [1.29, 1.82) is 0 Å². The zero-order valence-corrected chi connectivity index (χ0v) is 17.1. The van der Waals surface area contributed by atoms with Gasteiger partial charge in [-0.2, -0.15) is 0 Å². The van der Waals surface area contributed by atoms with Crippen LogP contribution in [-0.4, -0.2) is 26.1 Å². The Morgan fingerprint density at radius 1 is 1.00 bits per heavy atom. The Morgan fingerprint density at radius 3 is 2.42 bits per heavy atom.